The van der Waals surface area contributed by atoms with Gasteiger partial charge in [-0.1, -0.05) is 19.1 Å². The summed E-state index contributed by atoms with van der Waals surface area (Å²) in [6.45, 7) is 2.90. The quantitative estimate of drug-likeness (QED) is 0.644. The number of hydrogen-bond acceptors (Lipinski definition) is 4. The Morgan fingerprint density at radius 2 is 2.21 bits per heavy atom. The highest BCUT2D eigenvalue weighted by Gasteiger charge is 2.26. The lowest BCUT2D eigenvalue weighted by Gasteiger charge is -2.27. The maximum atomic E-state index is 12.1. The van der Waals surface area contributed by atoms with E-state index in [2.05, 4.69) is 17.6 Å². The van der Waals surface area contributed by atoms with E-state index >= 15 is 0 Å². The molecular formula is C13H17N3O3. The van der Waals surface area contributed by atoms with E-state index in [0.29, 0.717) is 5.92 Å². The Hall–Kier alpha value is -1.95. The van der Waals surface area contributed by atoms with Crippen molar-refractivity contribution in [3.63, 3.8) is 0 Å². The summed E-state index contributed by atoms with van der Waals surface area (Å²) in [7, 11) is 0. The molecule has 1 aliphatic rings. The van der Waals surface area contributed by atoms with Crippen LogP contribution in [-0.4, -0.2) is 23.4 Å². The van der Waals surface area contributed by atoms with Gasteiger partial charge >= 0.3 is 0 Å². The molecule has 0 radical (unpaired) electrons. The fraction of sp³-hybridized carbons (Fsp3) is 0.462. The highest BCUT2D eigenvalue weighted by molar-refractivity contribution is 5.96. The zero-order valence-corrected chi connectivity index (χ0v) is 10.8. The Kier molecular flexibility index (Phi) is 4.11. The molecule has 0 bridgehead atoms. The Balaban J connectivity index is 2.08. The highest BCUT2D eigenvalue weighted by Crippen LogP contribution is 2.24. The first-order valence-electron chi connectivity index (χ1n) is 6.35. The van der Waals surface area contributed by atoms with Crippen LogP contribution in [0.25, 0.3) is 0 Å². The van der Waals surface area contributed by atoms with Gasteiger partial charge in [0, 0.05) is 6.07 Å². The average molecular weight is 263 g/mol. The minimum absolute atomic E-state index is 0.0836. The summed E-state index contributed by atoms with van der Waals surface area (Å²) >= 11 is 0. The number of nitrogens with one attached hydrogen (secondary N) is 2. The van der Waals surface area contributed by atoms with Crippen molar-refractivity contribution in [2.24, 2.45) is 5.92 Å². The fourth-order valence-corrected chi connectivity index (χ4v) is 2.27. The van der Waals surface area contributed by atoms with Gasteiger partial charge < -0.3 is 10.6 Å². The number of nitro groups is 1. The van der Waals surface area contributed by atoms with Crippen LogP contribution in [0.3, 0.4) is 0 Å². The van der Waals surface area contributed by atoms with Gasteiger partial charge in [0.2, 0.25) is 5.91 Å². The fourth-order valence-electron chi connectivity index (χ4n) is 2.27. The van der Waals surface area contributed by atoms with Crippen LogP contribution >= 0.6 is 0 Å². The molecule has 1 aromatic rings. The van der Waals surface area contributed by atoms with Crippen LogP contribution < -0.4 is 10.6 Å². The molecule has 1 aromatic carbocycles. The molecule has 0 saturated carbocycles. The third-order valence-corrected chi connectivity index (χ3v) is 3.34. The third-order valence-electron chi connectivity index (χ3n) is 3.34. The molecule has 1 fully saturated rings. The third kappa shape index (κ3) is 3.29. The van der Waals surface area contributed by atoms with Gasteiger partial charge in [0.1, 0.15) is 5.69 Å². The van der Waals surface area contributed by atoms with Crippen LogP contribution in [0.15, 0.2) is 24.3 Å². The first kappa shape index (κ1) is 13.5. The van der Waals surface area contributed by atoms with E-state index in [0.717, 1.165) is 19.4 Å². The van der Waals surface area contributed by atoms with Crippen LogP contribution in [0.1, 0.15) is 19.8 Å². The van der Waals surface area contributed by atoms with E-state index in [4.69, 9.17) is 0 Å². The summed E-state index contributed by atoms with van der Waals surface area (Å²) < 4.78 is 0. The summed E-state index contributed by atoms with van der Waals surface area (Å²) in [4.78, 5) is 22.5. The van der Waals surface area contributed by atoms with Crippen LogP contribution in [0, 0.1) is 16.0 Å². The van der Waals surface area contributed by atoms with Gasteiger partial charge in [-0.25, -0.2) is 0 Å². The van der Waals surface area contributed by atoms with Gasteiger partial charge in [0.05, 0.1) is 11.0 Å². The van der Waals surface area contributed by atoms with Gasteiger partial charge in [0.15, 0.2) is 0 Å². The first-order valence-corrected chi connectivity index (χ1v) is 6.35. The number of carbonyl (C=O) groups is 1. The molecule has 6 nitrogen and oxygen atoms in total. The minimum atomic E-state index is -0.494. The number of carbonyl (C=O) groups excluding carboxylic acids is 1. The number of hydrogen-bond donors (Lipinski definition) is 2. The number of amides is 1. The Morgan fingerprint density at radius 1 is 1.47 bits per heavy atom. The molecule has 2 atom stereocenters. The maximum Gasteiger partial charge on any atom is 0.292 e. The number of benzene rings is 1. The first-order chi connectivity index (χ1) is 9.08. The van der Waals surface area contributed by atoms with Gasteiger partial charge in [-0.05, 0) is 31.4 Å². The summed E-state index contributed by atoms with van der Waals surface area (Å²) in [6, 6.07) is 5.90. The van der Waals surface area contributed by atoms with Gasteiger partial charge in [0.25, 0.3) is 5.69 Å². The van der Waals surface area contributed by atoms with Gasteiger partial charge in [-0.15, -0.1) is 0 Å². The van der Waals surface area contributed by atoms with E-state index in [9.17, 15) is 14.9 Å². The Morgan fingerprint density at radius 3 is 2.89 bits per heavy atom. The topological polar surface area (TPSA) is 84.3 Å². The molecule has 6 heteroatoms. The normalized spacial score (nSPS) is 22.8. The van der Waals surface area contributed by atoms with Crippen molar-refractivity contribution in [1.29, 1.82) is 0 Å². The molecular weight excluding hydrogens is 246 g/mol. The van der Waals surface area contributed by atoms with Crippen molar-refractivity contribution in [3.8, 4) is 0 Å². The van der Waals surface area contributed by atoms with Crippen LogP contribution in [-0.2, 0) is 4.79 Å². The van der Waals surface area contributed by atoms with Crippen LogP contribution in [0.2, 0.25) is 0 Å². The number of nitro benzene ring substituents is 1. The molecule has 1 aliphatic heterocycles. The number of rotatable bonds is 3. The molecule has 2 rings (SSSR count). The molecule has 2 unspecified atom stereocenters. The summed E-state index contributed by atoms with van der Waals surface area (Å²) in [6.07, 6.45) is 1.81. The second-order valence-corrected chi connectivity index (χ2v) is 4.90. The SMILES string of the molecule is CC1CCNC(C(=O)Nc2ccccc2[N+](=O)[O-])C1. The molecule has 19 heavy (non-hydrogen) atoms. The molecule has 0 aromatic heterocycles. The standard InChI is InChI=1S/C13H17N3O3/c1-9-6-7-14-11(8-9)13(17)15-10-4-2-3-5-12(10)16(18)19/h2-5,9,11,14H,6-8H2,1H3,(H,15,17). The molecule has 1 heterocycles. The summed E-state index contributed by atoms with van der Waals surface area (Å²) in [5, 5.41) is 16.6. The lowest BCUT2D eigenvalue weighted by Crippen LogP contribution is -2.45. The predicted octanol–water partition coefficient (Wildman–Crippen LogP) is 1.92. The van der Waals surface area contributed by atoms with E-state index < -0.39 is 4.92 Å². The van der Waals surface area contributed by atoms with Crippen molar-refractivity contribution < 1.29 is 9.72 Å². The minimum Gasteiger partial charge on any atom is -0.319 e. The highest BCUT2D eigenvalue weighted by atomic mass is 16.6. The van der Waals surface area contributed by atoms with Crippen molar-refractivity contribution in [3.05, 3.63) is 34.4 Å². The van der Waals surface area contributed by atoms with Crippen LogP contribution in [0.5, 0.6) is 0 Å². The predicted molar refractivity (Wildman–Crippen MR) is 71.9 cm³/mol. The average Bonchev–Trinajstić information content (AvgIpc) is 2.39. The van der Waals surface area contributed by atoms with Crippen LogP contribution in [0.4, 0.5) is 11.4 Å². The molecule has 1 saturated heterocycles. The lowest BCUT2D eigenvalue weighted by molar-refractivity contribution is -0.383. The Bertz CT molecular complexity index is 490. The Labute approximate surface area is 111 Å². The summed E-state index contributed by atoms with van der Waals surface area (Å²) in [5.41, 5.74) is 0.164. The van der Waals surface area contributed by atoms with E-state index in [1.165, 1.54) is 6.07 Å². The van der Waals surface area contributed by atoms with Gasteiger partial charge in [-0.2, -0.15) is 0 Å². The maximum absolute atomic E-state index is 12.1. The van der Waals surface area contributed by atoms with Crippen molar-refractivity contribution in [2.45, 2.75) is 25.8 Å². The van der Waals surface area contributed by atoms with E-state index in [-0.39, 0.29) is 23.3 Å². The second-order valence-electron chi connectivity index (χ2n) is 4.90. The number of anilines is 1. The molecule has 1 amide bonds. The number of nitrogens with zero attached hydrogens (tertiary/aromatic N) is 1. The molecule has 0 spiro atoms. The second kappa shape index (κ2) is 5.79. The number of para-hydroxylation sites is 2. The lowest BCUT2D eigenvalue weighted by atomic mass is 9.94. The molecule has 0 aliphatic carbocycles. The van der Waals surface area contributed by atoms with Crippen molar-refractivity contribution >= 4 is 17.3 Å². The zero-order valence-electron chi connectivity index (χ0n) is 10.8. The largest absolute Gasteiger partial charge is 0.319 e. The summed E-state index contributed by atoms with van der Waals surface area (Å²) in [5.74, 6) is 0.281. The smallest absolute Gasteiger partial charge is 0.292 e. The van der Waals surface area contributed by atoms with Gasteiger partial charge in [-0.3, -0.25) is 14.9 Å². The molecule has 2 N–H and O–H groups in total. The zero-order chi connectivity index (χ0) is 13.8. The van der Waals surface area contributed by atoms with Crippen molar-refractivity contribution in [2.75, 3.05) is 11.9 Å². The number of piperidine rings is 1. The van der Waals surface area contributed by atoms with Crippen molar-refractivity contribution in [1.82, 2.24) is 5.32 Å². The van der Waals surface area contributed by atoms with E-state index in [1.54, 1.807) is 18.2 Å². The van der Waals surface area contributed by atoms with E-state index in [1.807, 2.05) is 0 Å². The molecule has 102 valence electrons. The monoisotopic (exact) mass is 263 g/mol.